The molecule has 2 aromatic rings. The van der Waals surface area contributed by atoms with Gasteiger partial charge in [-0.1, -0.05) is 0 Å². The van der Waals surface area contributed by atoms with Crippen molar-refractivity contribution in [2.45, 2.75) is 84.2 Å². The normalized spacial score (nSPS) is 18.5. The number of rotatable bonds is 8. The molecule has 39 heavy (non-hydrogen) atoms. The fourth-order valence-electron chi connectivity index (χ4n) is 4.76. The highest BCUT2D eigenvalue weighted by atomic mass is 16.6. The summed E-state index contributed by atoms with van der Waals surface area (Å²) in [6.45, 7) is 11.1. The first kappa shape index (κ1) is 28.6. The monoisotopic (exact) mass is 544 g/mol. The number of carbonyl (C=O) groups is 3. The van der Waals surface area contributed by atoms with E-state index in [-0.39, 0.29) is 31.1 Å². The first-order valence-electron chi connectivity index (χ1n) is 13.6. The van der Waals surface area contributed by atoms with Crippen molar-refractivity contribution in [2.24, 2.45) is 0 Å². The summed E-state index contributed by atoms with van der Waals surface area (Å²) in [7, 11) is 1.33. The highest BCUT2D eigenvalue weighted by Crippen LogP contribution is 2.37. The van der Waals surface area contributed by atoms with Crippen LogP contribution in [-0.4, -0.2) is 93.8 Å². The van der Waals surface area contributed by atoms with Gasteiger partial charge in [0, 0.05) is 36.8 Å². The number of amides is 3. The van der Waals surface area contributed by atoms with E-state index in [0.29, 0.717) is 26.1 Å². The van der Waals surface area contributed by atoms with Crippen molar-refractivity contribution >= 4 is 29.1 Å². The molecule has 0 aromatic carbocycles. The van der Waals surface area contributed by atoms with Crippen LogP contribution >= 0.6 is 0 Å². The van der Waals surface area contributed by atoms with Crippen LogP contribution in [0.5, 0.6) is 0 Å². The fraction of sp³-hybridized carbons (Fsp3) is 0.667. The maximum absolute atomic E-state index is 13.9. The van der Waals surface area contributed by atoms with Crippen LogP contribution in [0.15, 0.2) is 12.1 Å². The van der Waals surface area contributed by atoms with E-state index < -0.39 is 23.9 Å². The average Bonchev–Trinajstić information content (AvgIpc) is 3.66. The third kappa shape index (κ3) is 6.97. The molecule has 2 aliphatic rings. The summed E-state index contributed by atoms with van der Waals surface area (Å²) in [5, 5.41) is 8.46. The Hall–Kier alpha value is -3.41. The van der Waals surface area contributed by atoms with E-state index in [2.05, 4.69) is 10.1 Å². The van der Waals surface area contributed by atoms with E-state index in [0.717, 1.165) is 35.3 Å². The number of aromatic nitrogens is 3. The summed E-state index contributed by atoms with van der Waals surface area (Å²) in [5.41, 5.74) is 1.75. The van der Waals surface area contributed by atoms with Crippen molar-refractivity contribution in [3.8, 4) is 0 Å². The molecule has 0 spiro atoms. The molecule has 1 saturated carbocycles. The summed E-state index contributed by atoms with van der Waals surface area (Å²) in [4.78, 5) is 46.1. The van der Waals surface area contributed by atoms with E-state index >= 15 is 0 Å². The first-order valence-corrected chi connectivity index (χ1v) is 13.6. The van der Waals surface area contributed by atoms with Crippen molar-refractivity contribution in [1.82, 2.24) is 29.9 Å². The number of nitrogens with one attached hydrogen (secondary N) is 1. The quantitative estimate of drug-likeness (QED) is 0.502. The molecule has 214 valence electrons. The topological polar surface area (TPSA) is 128 Å². The minimum Gasteiger partial charge on any atom is -0.453 e. The largest absolute Gasteiger partial charge is 0.453 e. The molecule has 1 aliphatic heterocycles. The SMILES string of the molecule is COC(=O)NCCCn1nc(C(C)N(C(=O)[C@H]2CN(C(=O)OC(C)(C)C)CCO2)C2CC2)c2ccc(C)nc21. The molecule has 2 atom stereocenters. The Labute approximate surface area is 228 Å². The number of morpholine rings is 1. The summed E-state index contributed by atoms with van der Waals surface area (Å²) < 4.78 is 17.9. The first-order chi connectivity index (χ1) is 18.5. The molecule has 12 heteroatoms. The molecule has 2 aromatic heterocycles. The van der Waals surface area contributed by atoms with Gasteiger partial charge < -0.3 is 29.3 Å². The highest BCUT2D eigenvalue weighted by Gasteiger charge is 2.43. The smallest absolute Gasteiger partial charge is 0.410 e. The van der Waals surface area contributed by atoms with E-state index in [9.17, 15) is 14.4 Å². The van der Waals surface area contributed by atoms with Crippen LogP contribution in [0.4, 0.5) is 9.59 Å². The number of ether oxygens (including phenoxy) is 3. The number of hydrogen-bond acceptors (Lipinski definition) is 8. The van der Waals surface area contributed by atoms with Crippen LogP contribution in [0.25, 0.3) is 11.0 Å². The zero-order chi connectivity index (χ0) is 28.3. The molecule has 0 bridgehead atoms. The Morgan fingerprint density at radius 2 is 2.00 bits per heavy atom. The van der Waals surface area contributed by atoms with Crippen LogP contribution in [0, 0.1) is 6.92 Å². The lowest BCUT2D eigenvalue weighted by Crippen LogP contribution is -2.54. The number of alkyl carbamates (subject to hydrolysis) is 1. The number of pyridine rings is 1. The van der Waals surface area contributed by atoms with Crippen LogP contribution < -0.4 is 5.32 Å². The molecule has 1 N–H and O–H groups in total. The fourth-order valence-corrected chi connectivity index (χ4v) is 4.76. The molecule has 3 heterocycles. The predicted molar refractivity (Wildman–Crippen MR) is 143 cm³/mol. The Morgan fingerprint density at radius 1 is 1.26 bits per heavy atom. The summed E-state index contributed by atoms with van der Waals surface area (Å²) >= 11 is 0. The number of nitrogens with zero attached hydrogens (tertiary/aromatic N) is 5. The minimum absolute atomic E-state index is 0.0934. The Kier molecular flexibility index (Phi) is 8.63. The van der Waals surface area contributed by atoms with E-state index in [1.807, 2.05) is 56.3 Å². The Balaban J connectivity index is 1.53. The van der Waals surface area contributed by atoms with Crippen LogP contribution in [0.2, 0.25) is 0 Å². The predicted octanol–water partition coefficient (Wildman–Crippen LogP) is 3.17. The Bertz CT molecular complexity index is 1200. The van der Waals surface area contributed by atoms with E-state index in [1.165, 1.54) is 7.11 Å². The van der Waals surface area contributed by atoms with Gasteiger partial charge in [-0.3, -0.25) is 4.79 Å². The van der Waals surface area contributed by atoms with Crippen molar-refractivity contribution in [2.75, 3.05) is 33.4 Å². The zero-order valence-electron chi connectivity index (χ0n) is 23.7. The molecular weight excluding hydrogens is 504 g/mol. The van der Waals surface area contributed by atoms with Gasteiger partial charge in [0.15, 0.2) is 11.8 Å². The third-order valence-corrected chi connectivity index (χ3v) is 6.77. The summed E-state index contributed by atoms with van der Waals surface area (Å²) in [6, 6.07) is 3.70. The average molecular weight is 545 g/mol. The van der Waals surface area contributed by atoms with Gasteiger partial charge in [0.1, 0.15) is 5.60 Å². The maximum Gasteiger partial charge on any atom is 0.410 e. The van der Waals surface area contributed by atoms with Gasteiger partial charge in [-0.15, -0.1) is 0 Å². The molecule has 3 amide bonds. The summed E-state index contributed by atoms with van der Waals surface area (Å²) in [6.07, 6.45) is 0.769. The van der Waals surface area contributed by atoms with Crippen molar-refractivity contribution < 1.29 is 28.6 Å². The standard InChI is InChI=1S/C27H40N6O6/c1-17-8-11-20-22(30-32(23(20)29-17)13-7-12-28-25(35)37-6)18(2)33(19-9-10-19)24(34)21-16-31(14-15-38-21)26(36)39-27(3,4)5/h8,11,18-19,21H,7,9-10,12-16H2,1-6H3,(H,28,35)/t18?,21-/m1/s1. The molecular formula is C27H40N6O6. The second-order valence-corrected chi connectivity index (χ2v) is 11.1. The Morgan fingerprint density at radius 3 is 2.67 bits per heavy atom. The lowest BCUT2D eigenvalue weighted by molar-refractivity contribution is -0.151. The van der Waals surface area contributed by atoms with Crippen molar-refractivity contribution in [1.29, 1.82) is 0 Å². The zero-order valence-corrected chi connectivity index (χ0v) is 23.7. The minimum atomic E-state index is -0.771. The number of carbonyl (C=O) groups excluding carboxylic acids is 3. The number of aryl methyl sites for hydroxylation is 2. The molecule has 1 aliphatic carbocycles. The number of hydrogen-bond donors (Lipinski definition) is 1. The number of fused-ring (bicyclic) bond motifs is 1. The highest BCUT2D eigenvalue weighted by molar-refractivity contribution is 5.85. The molecule has 1 unspecified atom stereocenters. The molecule has 4 rings (SSSR count). The third-order valence-electron chi connectivity index (χ3n) is 6.77. The van der Waals surface area contributed by atoms with Gasteiger partial charge in [0.05, 0.1) is 32.0 Å². The van der Waals surface area contributed by atoms with Crippen LogP contribution in [0.3, 0.4) is 0 Å². The van der Waals surface area contributed by atoms with Crippen molar-refractivity contribution in [3.63, 3.8) is 0 Å². The van der Waals surface area contributed by atoms with Gasteiger partial charge >= 0.3 is 12.2 Å². The van der Waals surface area contributed by atoms with Crippen molar-refractivity contribution in [3.05, 3.63) is 23.5 Å². The van der Waals surface area contributed by atoms with Gasteiger partial charge in [0.25, 0.3) is 5.91 Å². The van der Waals surface area contributed by atoms with Gasteiger partial charge in [-0.2, -0.15) is 5.10 Å². The van der Waals surface area contributed by atoms with Gasteiger partial charge in [-0.05, 0) is 66.0 Å². The molecule has 0 radical (unpaired) electrons. The second kappa shape index (κ2) is 11.8. The lowest BCUT2D eigenvalue weighted by atomic mass is 10.1. The van der Waals surface area contributed by atoms with Gasteiger partial charge in [-0.25, -0.2) is 19.3 Å². The van der Waals surface area contributed by atoms with E-state index in [4.69, 9.17) is 19.6 Å². The van der Waals surface area contributed by atoms with Crippen LogP contribution in [0.1, 0.15) is 64.4 Å². The molecule has 1 saturated heterocycles. The van der Waals surface area contributed by atoms with Gasteiger partial charge in [0.2, 0.25) is 0 Å². The molecule has 12 nitrogen and oxygen atoms in total. The molecule has 2 fully saturated rings. The van der Waals surface area contributed by atoms with E-state index in [1.54, 1.807) is 4.90 Å². The lowest BCUT2D eigenvalue weighted by Gasteiger charge is -2.37. The van der Waals surface area contributed by atoms with Crippen LogP contribution in [-0.2, 0) is 25.5 Å². The maximum atomic E-state index is 13.9. The summed E-state index contributed by atoms with van der Waals surface area (Å²) in [5.74, 6) is -0.150. The number of methoxy groups -OCH3 is 1. The second-order valence-electron chi connectivity index (χ2n) is 11.1.